The molecule has 0 saturated heterocycles. The van der Waals surface area contributed by atoms with Crippen molar-refractivity contribution >= 4 is 22.1 Å². The molecule has 0 fully saturated rings. The number of halogens is 1. The maximum Gasteiger partial charge on any atom is 0.328 e. The van der Waals surface area contributed by atoms with Gasteiger partial charge in [-0.2, -0.15) is 5.10 Å². The van der Waals surface area contributed by atoms with Gasteiger partial charge in [0.2, 0.25) is 0 Å². The Morgan fingerprint density at radius 1 is 0.825 bits per heavy atom. The van der Waals surface area contributed by atoms with Crippen LogP contribution >= 0.6 is 0 Å². The maximum absolute atomic E-state index is 15.7. The highest BCUT2D eigenvalue weighted by Crippen LogP contribution is 2.36. The molecule has 0 radical (unpaired) electrons. The molecule has 5 heterocycles. The Morgan fingerprint density at radius 3 is 2.33 bits per heavy atom. The first-order valence-electron chi connectivity index (χ1n) is 12.6. The lowest BCUT2D eigenvalue weighted by Gasteiger charge is -2.14. The molecule has 40 heavy (non-hydrogen) atoms. The predicted molar refractivity (Wildman–Crippen MR) is 150 cm³/mol. The highest BCUT2D eigenvalue weighted by Gasteiger charge is 2.23. The molecule has 0 aliphatic heterocycles. The van der Waals surface area contributed by atoms with Crippen molar-refractivity contribution in [2.75, 3.05) is 0 Å². The van der Waals surface area contributed by atoms with Gasteiger partial charge in [0.25, 0.3) is 0 Å². The van der Waals surface area contributed by atoms with Crippen LogP contribution in [0.15, 0.2) is 78.5 Å². The van der Waals surface area contributed by atoms with Crippen LogP contribution in [0.2, 0.25) is 0 Å². The van der Waals surface area contributed by atoms with Crippen LogP contribution in [0, 0.1) is 5.82 Å². The van der Waals surface area contributed by atoms with Crippen LogP contribution < -0.4 is 5.69 Å². The molecule has 7 aromatic rings. The molecule has 0 amide bonds. The lowest BCUT2D eigenvalue weighted by molar-refractivity contribution is 0.632. The van der Waals surface area contributed by atoms with Crippen LogP contribution in [0.3, 0.4) is 0 Å². The number of hydrogen-bond acceptors (Lipinski definition) is 5. The van der Waals surface area contributed by atoms with Crippen molar-refractivity contribution in [3.8, 4) is 39.5 Å². The molecule has 0 atom stereocenters. The highest BCUT2D eigenvalue weighted by molar-refractivity contribution is 5.96. The Labute approximate surface area is 227 Å². The number of nitrogens with zero attached hydrogens (tertiary/aromatic N) is 9. The van der Waals surface area contributed by atoms with Gasteiger partial charge in [0, 0.05) is 69.5 Å². The van der Waals surface area contributed by atoms with Crippen LogP contribution in [0.4, 0.5) is 4.39 Å². The van der Waals surface area contributed by atoms with E-state index < -0.39 is 0 Å². The normalized spacial score (nSPS) is 11.7. The van der Waals surface area contributed by atoms with E-state index in [0.717, 1.165) is 33.5 Å². The summed E-state index contributed by atoms with van der Waals surface area (Å²) in [4.78, 5) is 26.5. The number of rotatable bonds is 4. The Bertz CT molecular complexity index is 2140. The van der Waals surface area contributed by atoms with Gasteiger partial charge < -0.3 is 4.57 Å². The molecule has 198 valence electrons. The first-order chi connectivity index (χ1) is 19.3. The summed E-state index contributed by atoms with van der Waals surface area (Å²) in [6.07, 6.45) is 10.3. The lowest BCUT2D eigenvalue weighted by Crippen LogP contribution is -2.19. The van der Waals surface area contributed by atoms with Crippen LogP contribution in [0.1, 0.15) is 0 Å². The van der Waals surface area contributed by atoms with Crippen LogP contribution in [-0.2, 0) is 28.2 Å². The average molecular weight is 534 g/mol. The molecular formula is C29H24FN9O. The molecule has 0 N–H and O–H groups in total. The minimum Gasteiger partial charge on any atom is -0.331 e. The summed E-state index contributed by atoms with van der Waals surface area (Å²) in [7, 11) is 7.19. The number of benzene rings is 2. The SMILES string of the molecule is Cn1cc(-c2cc3nc(-c4cncn4C)n(-c4cc(-c5ccncc5)c5c(c4)n(C)c(=O)n5C)c3cc2F)cn1. The summed E-state index contributed by atoms with van der Waals surface area (Å²) in [5.41, 5.74) is 6.91. The number of hydrogen-bond donors (Lipinski definition) is 0. The molecule has 7 rings (SSSR count). The largest absolute Gasteiger partial charge is 0.331 e. The van der Waals surface area contributed by atoms with Crippen molar-refractivity contribution in [2.45, 2.75) is 0 Å². The Hall–Kier alpha value is -5.32. The molecule has 0 aliphatic carbocycles. The first kappa shape index (κ1) is 23.8. The smallest absolute Gasteiger partial charge is 0.328 e. The van der Waals surface area contributed by atoms with E-state index in [4.69, 9.17) is 4.98 Å². The molecule has 0 saturated carbocycles. The van der Waals surface area contributed by atoms with E-state index in [1.807, 2.05) is 40.4 Å². The summed E-state index contributed by atoms with van der Waals surface area (Å²) in [5, 5.41) is 4.20. The molecule has 5 aromatic heterocycles. The standard InChI is InChI=1S/C29H24FN9O/c1-35-16-32-14-26(35)28-34-23-11-20(18-13-33-36(2)15-18)22(30)12-24(23)39(28)19-9-21(17-5-7-31-8-6-17)27-25(10-19)37(3)29(40)38(27)4/h5-16H,1-4H3. The van der Waals surface area contributed by atoms with Gasteiger partial charge in [-0.15, -0.1) is 0 Å². The van der Waals surface area contributed by atoms with Crippen molar-refractivity contribution < 1.29 is 4.39 Å². The molecule has 11 heteroatoms. The fourth-order valence-electron chi connectivity index (χ4n) is 5.40. The van der Waals surface area contributed by atoms with Gasteiger partial charge in [0.05, 0.1) is 46.5 Å². The molecular weight excluding hydrogens is 509 g/mol. The van der Waals surface area contributed by atoms with Crippen molar-refractivity contribution in [1.29, 1.82) is 0 Å². The van der Waals surface area contributed by atoms with Gasteiger partial charge in [-0.1, -0.05) is 0 Å². The van der Waals surface area contributed by atoms with Crippen molar-refractivity contribution in [3.05, 3.63) is 90.0 Å². The van der Waals surface area contributed by atoms with Crippen LogP contribution in [-0.4, -0.2) is 43.0 Å². The number of aromatic nitrogens is 9. The Kier molecular flexibility index (Phi) is 5.11. The lowest BCUT2D eigenvalue weighted by atomic mass is 10.0. The number of imidazole rings is 3. The molecule has 0 unspecified atom stereocenters. The Balaban J connectivity index is 1.59. The van der Waals surface area contributed by atoms with Crippen molar-refractivity contribution in [2.24, 2.45) is 28.2 Å². The summed E-state index contributed by atoms with van der Waals surface area (Å²) in [6.45, 7) is 0. The van der Waals surface area contributed by atoms with Gasteiger partial charge in [0.1, 0.15) is 11.5 Å². The van der Waals surface area contributed by atoms with Crippen molar-refractivity contribution in [1.82, 2.24) is 43.0 Å². The second-order valence-electron chi connectivity index (χ2n) is 9.88. The third kappa shape index (κ3) is 3.44. The van der Waals surface area contributed by atoms with E-state index >= 15 is 4.39 Å². The Morgan fingerprint density at radius 2 is 1.62 bits per heavy atom. The van der Waals surface area contributed by atoms with E-state index in [1.54, 1.807) is 78.3 Å². The van der Waals surface area contributed by atoms with Gasteiger partial charge in [0.15, 0.2) is 5.82 Å². The van der Waals surface area contributed by atoms with Crippen LogP contribution in [0.25, 0.3) is 61.5 Å². The minimum absolute atomic E-state index is 0.142. The van der Waals surface area contributed by atoms with E-state index in [0.29, 0.717) is 28.0 Å². The molecule has 10 nitrogen and oxygen atoms in total. The zero-order valence-electron chi connectivity index (χ0n) is 22.2. The summed E-state index contributed by atoms with van der Waals surface area (Å²) in [6, 6.07) is 11.0. The van der Waals surface area contributed by atoms with Gasteiger partial charge >= 0.3 is 5.69 Å². The monoisotopic (exact) mass is 533 g/mol. The maximum atomic E-state index is 15.7. The molecule has 0 bridgehead atoms. The van der Waals surface area contributed by atoms with Crippen LogP contribution in [0.5, 0.6) is 0 Å². The molecule has 2 aromatic carbocycles. The van der Waals surface area contributed by atoms with Gasteiger partial charge in [-0.3, -0.25) is 23.4 Å². The zero-order chi connectivity index (χ0) is 27.7. The van der Waals surface area contributed by atoms with E-state index in [9.17, 15) is 4.79 Å². The van der Waals surface area contributed by atoms with Crippen molar-refractivity contribution in [3.63, 3.8) is 0 Å². The topological polar surface area (TPSA) is 93.3 Å². The van der Waals surface area contributed by atoms with E-state index in [1.165, 1.54) is 6.07 Å². The first-order valence-corrected chi connectivity index (χ1v) is 12.6. The zero-order valence-corrected chi connectivity index (χ0v) is 22.2. The number of fused-ring (bicyclic) bond motifs is 2. The highest BCUT2D eigenvalue weighted by atomic mass is 19.1. The molecule has 0 spiro atoms. The second-order valence-corrected chi connectivity index (χ2v) is 9.88. The van der Waals surface area contributed by atoms with Gasteiger partial charge in [-0.25, -0.2) is 19.2 Å². The average Bonchev–Trinajstić information content (AvgIpc) is 3.72. The summed E-state index contributed by atoms with van der Waals surface area (Å²) in [5.74, 6) is 0.208. The minimum atomic E-state index is -0.388. The third-order valence-electron chi connectivity index (χ3n) is 7.40. The second kappa shape index (κ2) is 8.60. The number of aryl methyl sites for hydroxylation is 4. The number of pyridine rings is 1. The third-order valence-corrected chi connectivity index (χ3v) is 7.40. The van der Waals surface area contributed by atoms with E-state index in [2.05, 4.69) is 15.1 Å². The fraction of sp³-hybridized carbons (Fsp3) is 0.138. The fourth-order valence-corrected chi connectivity index (χ4v) is 5.40. The molecule has 0 aliphatic rings. The predicted octanol–water partition coefficient (Wildman–Crippen LogP) is 4.22. The summed E-state index contributed by atoms with van der Waals surface area (Å²) >= 11 is 0. The van der Waals surface area contributed by atoms with Gasteiger partial charge in [-0.05, 0) is 35.9 Å². The quantitative estimate of drug-likeness (QED) is 0.338. The summed E-state index contributed by atoms with van der Waals surface area (Å²) < 4.78 is 24.4. The van der Waals surface area contributed by atoms with E-state index in [-0.39, 0.29) is 11.5 Å².